The summed E-state index contributed by atoms with van der Waals surface area (Å²) in [5, 5.41) is 0. The SMILES string of the molecule is C#CC/C(C)=C/C. The Bertz CT molecular complexity index is 102. The Hall–Kier alpha value is -0.700. The summed E-state index contributed by atoms with van der Waals surface area (Å²) in [7, 11) is 0. The number of hydrogen-bond acceptors (Lipinski definition) is 0. The molecule has 0 atom stereocenters. The van der Waals surface area contributed by atoms with Crippen molar-refractivity contribution in [3.05, 3.63) is 11.6 Å². The van der Waals surface area contributed by atoms with E-state index in [1.807, 2.05) is 19.9 Å². The van der Waals surface area contributed by atoms with Crippen LogP contribution in [0.4, 0.5) is 0 Å². The van der Waals surface area contributed by atoms with Crippen molar-refractivity contribution in [2.24, 2.45) is 0 Å². The van der Waals surface area contributed by atoms with Gasteiger partial charge in [-0.1, -0.05) is 11.6 Å². The molecule has 0 fully saturated rings. The number of terminal acetylenes is 1. The lowest BCUT2D eigenvalue weighted by atomic mass is 10.2. The highest BCUT2D eigenvalue weighted by molar-refractivity contribution is 5.05. The van der Waals surface area contributed by atoms with Gasteiger partial charge in [-0.25, -0.2) is 0 Å². The third-order valence-electron chi connectivity index (χ3n) is 0.874. The molecule has 0 aliphatic carbocycles. The fourth-order valence-corrected chi connectivity index (χ4v) is 0.263. The van der Waals surface area contributed by atoms with Crippen LogP contribution in [0.1, 0.15) is 20.3 Å². The molecule has 0 heterocycles. The molecule has 7 heavy (non-hydrogen) atoms. The third-order valence-corrected chi connectivity index (χ3v) is 0.874. The van der Waals surface area contributed by atoms with E-state index in [9.17, 15) is 0 Å². The second-order valence-corrected chi connectivity index (χ2v) is 1.52. The quantitative estimate of drug-likeness (QED) is 0.344. The van der Waals surface area contributed by atoms with E-state index in [1.165, 1.54) is 5.57 Å². The maximum Gasteiger partial charge on any atom is 0.0293 e. The molecule has 0 heteroatoms. The van der Waals surface area contributed by atoms with Crippen LogP contribution in [0.25, 0.3) is 0 Å². The fourth-order valence-electron chi connectivity index (χ4n) is 0.263. The van der Waals surface area contributed by atoms with E-state index in [2.05, 4.69) is 5.92 Å². The summed E-state index contributed by atoms with van der Waals surface area (Å²) in [6, 6.07) is 0. The Morgan fingerprint density at radius 3 is 2.57 bits per heavy atom. The second kappa shape index (κ2) is 3.49. The van der Waals surface area contributed by atoms with Crippen molar-refractivity contribution in [3.63, 3.8) is 0 Å². The van der Waals surface area contributed by atoms with Gasteiger partial charge in [0.15, 0.2) is 0 Å². The van der Waals surface area contributed by atoms with Crippen molar-refractivity contribution < 1.29 is 0 Å². The molecule has 38 valence electrons. The summed E-state index contributed by atoms with van der Waals surface area (Å²) in [4.78, 5) is 0. The number of rotatable bonds is 1. The van der Waals surface area contributed by atoms with Crippen molar-refractivity contribution in [1.82, 2.24) is 0 Å². The average Bonchev–Trinajstić information content (AvgIpc) is 1.68. The smallest absolute Gasteiger partial charge is 0.0293 e. The summed E-state index contributed by atoms with van der Waals surface area (Å²) in [5.41, 5.74) is 1.27. The predicted molar refractivity (Wildman–Crippen MR) is 32.9 cm³/mol. The molecule has 0 aliphatic rings. The molecule has 0 aromatic rings. The first-order valence-electron chi connectivity index (χ1n) is 2.36. The van der Waals surface area contributed by atoms with E-state index < -0.39 is 0 Å². The lowest BCUT2D eigenvalue weighted by Gasteiger charge is -1.85. The largest absolute Gasteiger partial charge is 0.120 e. The zero-order valence-corrected chi connectivity index (χ0v) is 4.86. The Morgan fingerprint density at radius 1 is 1.86 bits per heavy atom. The fraction of sp³-hybridized carbons (Fsp3) is 0.429. The van der Waals surface area contributed by atoms with E-state index in [4.69, 9.17) is 6.42 Å². The molecule has 0 rings (SSSR count). The highest BCUT2D eigenvalue weighted by Gasteiger charge is 1.76. The lowest BCUT2D eigenvalue weighted by Crippen LogP contribution is -1.67. The lowest BCUT2D eigenvalue weighted by molar-refractivity contribution is 1.24. The van der Waals surface area contributed by atoms with E-state index in [-0.39, 0.29) is 0 Å². The van der Waals surface area contributed by atoms with Gasteiger partial charge in [-0.15, -0.1) is 12.3 Å². The molecule has 0 saturated carbocycles. The molecule has 0 aliphatic heterocycles. The van der Waals surface area contributed by atoms with E-state index in [0.29, 0.717) is 0 Å². The van der Waals surface area contributed by atoms with E-state index >= 15 is 0 Å². The van der Waals surface area contributed by atoms with Gasteiger partial charge in [0, 0.05) is 6.42 Å². The third kappa shape index (κ3) is 3.12. The van der Waals surface area contributed by atoms with Crippen LogP contribution in [0, 0.1) is 12.3 Å². The van der Waals surface area contributed by atoms with Gasteiger partial charge in [0.1, 0.15) is 0 Å². The molecule has 0 nitrogen and oxygen atoms in total. The van der Waals surface area contributed by atoms with Crippen LogP contribution in [-0.4, -0.2) is 0 Å². The van der Waals surface area contributed by atoms with Gasteiger partial charge in [0.05, 0.1) is 0 Å². The Kier molecular flexibility index (Phi) is 3.14. The summed E-state index contributed by atoms with van der Waals surface area (Å²) in [6.45, 7) is 4.02. The minimum atomic E-state index is 0.788. The molecule has 0 unspecified atom stereocenters. The highest BCUT2D eigenvalue weighted by atomic mass is 13.8. The maximum absolute atomic E-state index is 5.01. The van der Waals surface area contributed by atoms with E-state index in [1.54, 1.807) is 0 Å². The molecule has 0 radical (unpaired) electrons. The van der Waals surface area contributed by atoms with Gasteiger partial charge in [-0.2, -0.15) is 0 Å². The van der Waals surface area contributed by atoms with Gasteiger partial charge < -0.3 is 0 Å². The first-order chi connectivity index (χ1) is 3.31. The van der Waals surface area contributed by atoms with Crippen molar-refractivity contribution in [2.45, 2.75) is 20.3 Å². The van der Waals surface area contributed by atoms with Crippen LogP contribution in [0.2, 0.25) is 0 Å². The van der Waals surface area contributed by atoms with Gasteiger partial charge in [-0.05, 0) is 13.8 Å². The Balaban J connectivity index is 3.43. The number of allylic oxidation sites excluding steroid dienone is 2. The monoisotopic (exact) mass is 94.1 g/mol. The first-order valence-corrected chi connectivity index (χ1v) is 2.36. The second-order valence-electron chi connectivity index (χ2n) is 1.52. The summed E-state index contributed by atoms with van der Waals surface area (Å²) >= 11 is 0. The van der Waals surface area contributed by atoms with Gasteiger partial charge in [0.25, 0.3) is 0 Å². The van der Waals surface area contributed by atoms with Crippen molar-refractivity contribution >= 4 is 0 Å². The standard InChI is InChI=1S/C7H10/c1-4-6-7(3)5-2/h1,5H,6H2,2-3H3/b7-5+. The van der Waals surface area contributed by atoms with Gasteiger partial charge in [-0.3, -0.25) is 0 Å². The normalized spacial score (nSPS) is 10.7. The van der Waals surface area contributed by atoms with Gasteiger partial charge >= 0.3 is 0 Å². The van der Waals surface area contributed by atoms with Crippen molar-refractivity contribution in [2.75, 3.05) is 0 Å². The van der Waals surface area contributed by atoms with Crippen LogP contribution >= 0.6 is 0 Å². The van der Waals surface area contributed by atoms with Crippen LogP contribution in [0.3, 0.4) is 0 Å². The van der Waals surface area contributed by atoms with Crippen LogP contribution in [0.15, 0.2) is 11.6 Å². The van der Waals surface area contributed by atoms with E-state index in [0.717, 1.165) is 6.42 Å². The molecule has 0 saturated heterocycles. The van der Waals surface area contributed by atoms with Crippen LogP contribution in [-0.2, 0) is 0 Å². The zero-order valence-electron chi connectivity index (χ0n) is 4.86. The zero-order chi connectivity index (χ0) is 5.70. The summed E-state index contributed by atoms with van der Waals surface area (Å²) < 4.78 is 0. The molecule has 0 bridgehead atoms. The molecule has 0 aromatic heterocycles. The average molecular weight is 94.2 g/mol. The minimum Gasteiger partial charge on any atom is -0.120 e. The summed E-state index contributed by atoms with van der Waals surface area (Å²) in [5.74, 6) is 2.55. The molecule has 0 aromatic carbocycles. The predicted octanol–water partition coefficient (Wildman–Crippen LogP) is 1.98. The molecule has 0 N–H and O–H groups in total. The van der Waals surface area contributed by atoms with Gasteiger partial charge in [0.2, 0.25) is 0 Å². The number of hydrogen-bond donors (Lipinski definition) is 0. The summed E-state index contributed by atoms with van der Waals surface area (Å²) in [6.07, 6.45) is 7.83. The first kappa shape index (κ1) is 6.30. The van der Waals surface area contributed by atoms with Crippen LogP contribution < -0.4 is 0 Å². The van der Waals surface area contributed by atoms with Crippen molar-refractivity contribution in [1.29, 1.82) is 0 Å². The molecular weight excluding hydrogens is 84.1 g/mol. The van der Waals surface area contributed by atoms with Crippen LogP contribution in [0.5, 0.6) is 0 Å². The minimum absolute atomic E-state index is 0.788. The maximum atomic E-state index is 5.01. The topological polar surface area (TPSA) is 0 Å². The molecule has 0 spiro atoms. The molecular formula is C7H10. The molecule has 0 amide bonds. The van der Waals surface area contributed by atoms with Crippen molar-refractivity contribution in [3.8, 4) is 12.3 Å². The Morgan fingerprint density at radius 2 is 2.43 bits per heavy atom. The highest BCUT2D eigenvalue weighted by Crippen LogP contribution is 1.94. The Labute approximate surface area is 45.2 Å².